The Balaban J connectivity index is 1.74. The van der Waals surface area contributed by atoms with Gasteiger partial charge in [-0.05, 0) is 18.8 Å². The van der Waals surface area contributed by atoms with Crippen molar-refractivity contribution in [2.45, 2.75) is 38.6 Å². The summed E-state index contributed by atoms with van der Waals surface area (Å²) in [5.41, 5.74) is 0.775. The van der Waals surface area contributed by atoms with E-state index in [1.54, 1.807) is 4.57 Å². The van der Waals surface area contributed by atoms with Crippen molar-refractivity contribution >= 4 is 33.4 Å². The molecule has 1 amide bonds. The van der Waals surface area contributed by atoms with Gasteiger partial charge in [-0.2, -0.15) is 4.99 Å². The molecule has 0 N–H and O–H groups in total. The number of fused-ring (bicyclic) bond motifs is 2. The van der Waals surface area contributed by atoms with Crippen molar-refractivity contribution in [3.05, 3.63) is 16.9 Å². The number of rotatable bonds is 4. The molecule has 0 bridgehead atoms. The highest BCUT2D eigenvalue weighted by Crippen LogP contribution is 2.37. The van der Waals surface area contributed by atoms with Gasteiger partial charge in [-0.15, -0.1) is 0 Å². The normalized spacial score (nSPS) is 17.2. The summed E-state index contributed by atoms with van der Waals surface area (Å²) >= 11 is 1.36. The van der Waals surface area contributed by atoms with Crippen molar-refractivity contribution < 1.29 is 23.8 Å². The standard InChI is InChI=1S/C18H20N2O5S/c1-23-17(22)9-20-12-7-13-14(25-10-24-13)8-15(12)26-18(20)19-16(21)6-11-4-2-3-5-11/h7-8,11H,2-6,9-10H2,1H3. The summed E-state index contributed by atoms with van der Waals surface area (Å²) in [5, 5.41) is 0. The number of esters is 1. The number of ether oxygens (including phenoxy) is 3. The number of benzene rings is 1. The molecule has 26 heavy (non-hydrogen) atoms. The van der Waals surface area contributed by atoms with Crippen LogP contribution >= 0.6 is 11.3 Å². The van der Waals surface area contributed by atoms with Gasteiger partial charge in [0, 0.05) is 18.6 Å². The lowest BCUT2D eigenvalue weighted by Crippen LogP contribution is -2.22. The number of aromatic nitrogens is 1. The van der Waals surface area contributed by atoms with Gasteiger partial charge < -0.3 is 18.8 Å². The van der Waals surface area contributed by atoms with E-state index in [0.29, 0.717) is 28.6 Å². The lowest BCUT2D eigenvalue weighted by atomic mass is 10.0. The maximum Gasteiger partial charge on any atom is 0.325 e. The van der Waals surface area contributed by atoms with Gasteiger partial charge in [0.15, 0.2) is 16.3 Å². The molecule has 2 aromatic rings. The molecule has 1 aromatic heterocycles. The minimum absolute atomic E-state index is 0.00825. The van der Waals surface area contributed by atoms with Crippen molar-refractivity contribution in [3.63, 3.8) is 0 Å². The minimum Gasteiger partial charge on any atom is -0.468 e. The van der Waals surface area contributed by atoms with Gasteiger partial charge in [-0.3, -0.25) is 9.59 Å². The first-order valence-electron chi connectivity index (χ1n) is 8.71. The van der Waals surface area contributed by atoms with Crippen molar-refractivity contribution in [1.82, 2.24) is 4.57 Å². The van der Waals surface area contributed by atoms with E-state index in [9.17, 15) is 9.59 Å². The van der Waals surface area contributed by atoms with Crippen LogP contribution < -0.4 is 14.3 Å². The molecule has 0 spiro atoms. The Bertz CT molecular complexity index is 924. The van der Waals surface area contributed by atoms with E-state index < -0.39 is 5.97 Å². The van der Waals surface area contributed by atoms with Crippen LogP contribution in [-0.2, 0) is 20.9 Å². The molecule has 2 aliphatic rings. The highest BCUT2D eigenvalue weighted by Gasteiger charge is 2.21. The maximum atomic E-state index is 12.4. The van der Waals surface area contributed by atoms with E-state index in [2.05, 4.69) is 4.99 Å². The van der Waals surface area contributed by atoms with Crippen LogP contribution in [0.5, 0.6) is 11.5 Å². The minimum atomic E-state index is -0.396. The van der Waals surface area contributed by atoms with Crippen LogP contribution in [0.3, 0.4) is 0 Å². The summed E-state index contributed by atoms with van der Waals surface area (Å²) in [6, 6.07) is 3.67. The van der Waals surface area contributed by atoms with Crippen molar-refractivity contribution in [2.24, 2.45) is 10.9 Å². The van der Waals surface area contributed by atoms with Crippen LogP contribution in [0.1, 0.15) is 32.1 Å². The van der Waals surface area contributed by atoms with Gasteiger partial charge in [-0.1, -0.05) is 24.2 Å². The Morgan fingerprint density at radius 1 is 1.27 bits per heavy atom. The number of carbonyl (C=O) groups is 2. The van der Waals surface area contributed by atoms with Crippen LogP contribution in [0.15, 0.2) is 17.1 Å². The zero-order valence-electron chi connectivity index (χ0n) is 14.5. The third-order valence-electron chi connectivity index (χ3n) is 4.85. The van der Waals surface area contributed by atoms with Gasteiger partial charge in [0.25, 0.3) is 0 Å². The smallest absolute Gasteiger partial charge is 0.325 e. The number of amides is 1. The third-order valence-corrected chi connectivity index (χ3v) is 5.89. The summed E-state index contributed by atoms with van der Waals surface area (Å²) in [7, 11) is 1.34. The van der Waals surface area contributed by atoms with Gasteiger partial charge >= 0.3 is 5.97 Å². The van der Waals surface area contributed by atoms with Crippen LogP contribution in [-0.4, -0.2) is 30.3 Å². The van der Waals surface area contributed by atoms with E-state index in [-0.39, 0.29) is 19.2 Å². The molecule has 1 fully saturated rings. The SMILES string of the molecule is COC(=O)Cn1c(=NC(=O)CC2CCCC2)sc2cc3c(cc21)OCO3. The van der Waals surface area contributed by atoms with Gasteiger partial charge in [0.1, 0.15) is 6.54 Å². The van der Waals surface area contributed by atoms with Crippen LogP contribution in [0.2, 0.25) is 0 Å². The van der Waals surface area contributed by atoms with E-state index in [0.717, 1.165) is 23.1 Å². The molecule has 0 unspecified atom stereocenters. The van der Waals surface area contributed by atoms with Gasteiger partial charge in [-0.25, -0.2) is 0 Å². The summed E-state index contributed by atoms with van der Waals surface area (Å²) < 4.78 is 18.2. The molecule has 0 saturated heterocycles. The number of hydrogen-bond donors (Lipinski definition) is 0. The lowest BCUT2D eigenvalue weighted by molar-refractivity contribution is -0.141. The molecule has 1 aliphatic carbocycles. The molecule has 4 rings (SSSR count). The van der Waals surface area contributed by atoms with E-state index in [4.69, 9.17) is 14.2 Å². The summed E-state index contributed by atoms with van der Waals surface area (Å²) in [6.45, 7) is 0.173. The maximum absolute atomic E-state index is 12.4. The molecular weight excluding hydrogens is 356 g/mol. The second-order valence-electron chi connectivity index (χ2n) is 6.58. The van der Waals surface area contributed by atoms with E-state index in [1.807, 2.05) is 12.1 Å². The van der Waals surface area contributed by atoms with Crippen molar-refractivity contribution in [1.29, 1.82) is 0 Å². The van der Waals surface area contributed by atoms with Crippen LogP contribution in [0.4, 0.5) is 0 Å². The first kappa shape index (κ1) is 17.1. The molecule has 2 heterocycles. The molecule has 0 atom stereocenters. The molecule has 0 radical (unpaired) electrons. The molecule has 138 valence electrons. The third kappa shape index (κ3) is 3.33. The monoisotopic (exact) mass is 376 g/mol. The number of methoxy groups -OCH3 is 1. The molecule has 1 aromatic carbocycles. The number of nitrogens with zero attached hydrogens (tertiary/aromatic N) is 2. The fourth-order valence-electron chi connectivity index (χ4n) is 3.51. The highest BCUT2D eigenvalue weighted by molar-refractivity contribution is 7.16. The summed E-state index contributed by atoms with van der Waals surface area (Å²) in [4.78, 5) is 29.1. The predicted octanol–water partition coefficient (Wildman–Crippen LogP) is 2.61. The highest BCUT2D eigenvalue weighted by atomic mass is 32.1. The molecule has 8 heteroatoms. The zero-order chi connectivity index (χ0) is 18.1. The summed E-state index contributed by atoms with van der Waals surface area (Å²) in [5.74, 6) is 1.18. The molecular formula is C18H20N2O5S. The Morgan fingerprint density at radius 3 is 2.73 bits per heavy atom. The Morgan fingerprint density at radius 2 is 2.00 bits per heavy atom. The van der Waals surface area contributed by atoms with Gasteiger partial charge in [0.2, 0.25) is 12.7 Å². The number of carbonyl (C=O) groups excluding carboxylic acids is 2. The predicted molar refractivity (Wildman–Crippen MR) is 95.1 cm³/mol. The van der Waals surface area contributed by atoms with E-state index in [1.165, 1.54) is 31.3 Å². The van der Waals surface area contributed by atoms with Crippen molar-refractivity contribution in [2.75, 3.05) is 13.9 Å². The average Bonchev–Trinajstić information content (AvgIpc) is 3.34. The van der Waals surface area contributed by atoms with Crippen LogP contribution in [0.25, 0.3) is 10.2 Å². The second-order valence-corrected chi connectivity index (χ2v) is 7.59. The van der Waals surface area contributed by atoms with Crippen molar-refractivity contribution in [3.8, 4) is 11.5 Å². The Kier molecular flexibility index (Phi) is 4.67. The average molecular weight is 376 g/mol. The quantitative estimate of drug-likeness (QED) is 0.767. The fourth-order valence-corrected chi connectivity index (χ4v) is 4.56. The topological polar surface area (TPSA) is 79.1 Å². The zero-order valence-corrected chi connectivity index (χ0v) is 15.3. The fraction of sp³-hybridized carbons (Fsp3) is 0.500. The number of hydrogen-bond acceptors (Lipinski definition) is 6. The van der Waals surface area contributed by atoms with E-state index >= 15 is 0 Å². The van der Waals surface area contributed by atoms with Gasteiger partial charge in [0.05, 0.1) is 17.3 Å². The lowest BCUT2D eigenvalue weighted by Gasteiger charge is -2.05. The van der Waals surface area contributed by atoms with Crippen LogP contribution in [0, 0.1) is 5.92 Å². The second kappa shape index (κ2) is 7.11. The Labute approximate surface area is 154 Å². The molecule has 7 nitrogen and oxygen atoms in total. The first-order valence-corrected chi connectivity index (χ1v) is 9.53. The molecule has 1 saturated carbocycles. The number of thiazole rings is 1. The molecule has 1 aliphatic heterocycles. The largest absolute Gasteiger partial charge is 0.468 e. The first-order chi connectivity index (χ1) is 12.6. The Hall–Kier alpha value is -2.35. The summed E-state index contributed by atoms with van der Waals surface area (Å²) in [6.07, 6.45) is 5.03.